The summed E-state index contributed by atoms with van der Waals surface area (Å²) in [7, 11) is -3.06. The first-order valence-corrected chi connectivity index (χ1v) is 8.69. The van der Waals surface area contributed by atoms with Crippen molar-refractivity contribution in [3.05, 3.63) is 23.7 Å². The third kappa shape index (κ3) is 3.26. The lowest BCUT2D eigenvalue weighted by atomic mass is 9.85. The van der Waals surface area contributed by atoms with Crippen LogP contribution < -0.4 is 0 Å². The van der Waals surface area contributed by atoms with Gasteiger partial charge >= 0.3 is 0 Å². The van der Waals surface area contributed by atoms with E-state index in [0.29, 0.717) is 18.6 Å². The molecule has 0 aromatic carbocycles. The van der Waals surface area contributed by atoms with Gasteiger partial charge in [-0.25, -0.2) is 8.42 Å². The number of sulfone groups is 1. The van der Waals surface area contributed by atoms with E-state index in [4.69, 9.17) is 4.42 Å². The lowest BCUT2D eigenvalue weighted by molar-refractivity contribution is 0.0860. The van der Waals surface area contributed by atoms with Crippen LogP contribution in [0.25, 0.3) is 0 Å². The number of carbonyl (C=O) groups excluding carboxylic acids is 1. The molecule has 1 aromatic heterocycles. The smallest absolute Gasteiger partial charge is 0.201 e. The quantitative estimate of drug-likeness (QED) is 0.797. The van der Waals surface area contributed by atoms with E-state index >= 15 is 0 Å². The Bertz CT molecular complexity index is 556. The van der Waals surface area contributed by atoms with Crippen LogP contribution in [0.1, 0.15) is 48.9 Å². The molecule has 19 heavy (non-hydrogen) atoms. The molecule has 2 rings (SSSR count). The van der Waals surface area contributed by atoms with Crippen LogP contribution in [0, 0.1) is 5.92 Å². The lowest BCUT2D eigenvalue weighted by Crippen LogP contribution is -2.31. The average molecular weight is 284 g/mol. The predicted molar refractivity (Wildman–Crippen MR) is 73.0 cm³/mol. The molecule has 0 bridgehead atoms. The van der Waals surface area contributed by atoms with Gasteiger partial charge in [0, 0.05) is 18.6 Å². The summed E-state index contributed by atoms with van der Waals surface area (Å²) in [5.41, 5.74) is 0. The zero-order valence-electron chi connectivity index (χ0n) is 11.4. The van der Waals surface area contributed by atoms with E-state index in [2.05, 4.69) is 0 Å². The van der Waals surface area contributed by atoms with Gasteiger partial charge in [0.25, 0.3) is 0 Å². The highest BCUT2D eigenvalue weighted by molar-refractivity contribution is 7.91. The van der Waals surface area contributed by atoms with Crippen molar-refractivity contribution >= 4 is 15.6 Å². The van der Waals surface area contributed by atoms with Crippen molar-refractivity contribution in [3.8, 4) is 0 Å². The summed E-state index contributed by atoms with van der Waals surface area (Å²) in [6, 6.07) is 3.51. The molecule has 2 unspecified atom stereocenters. The van der Waals surface area contributed by atoms with Gasteiger partial charge in [0.05, 0.1) is 5.25 Å². The Kier molecular flexibility index (Phi) is 4.13. The SMILES string of the molecule is CCc1ccc(C(=O)C2CCCC(S(C)(=O)=O)C2)o1. The minimum atomic E-state index is -3.06. The predicted octanol–water partition coefficient (Wildman–Crippen LogP) is 2.63. The van der Waals surface area contributed by atoms with Crippen LogP contribution in [0.4, 0.5) is 0 Å². The van der Waals surface area contributed by atoms with E-state index in [1.165, 1.54) is 6.26 Å². The summed E-state index contributed by atoms with van der Waals surface area (Å²) in [5, 5.41) is -0.379. The number of hydrogen-bond acceptors (Lipinski definition) is 4. The van der Waals surface area contributed by atoms with Crippen LogP contribution >= 0.6 is 0 Å². The third-order valence-electron chi connectivity index (χ3n) is 3.86. The minimum absolute atomic E-state index is 0.0481. The number of hydrogen-bond donors (Lipinski definition) is 0. The van der Waals surface area contributed by atoms with Gasteiger partial charge in [-0.1, -0.05) is 13.3 Å². The van der Waals surface area contributed by atoms with Crippen LogP contribution in [-0.2, 0) is 16.3 Å². The van der Waals surface area contributed by atoms with Crippen molar-refractivity contribution in [3.63, 3.8) is 0 Å². The Morgan fingerprint density at radius 1 is 1.37 bits per heavy atom. The Morgan fingerprint density at radius 3 is 2.68 bits per heavy atom. The van der Waals surface area contributed by atoms with E-state index in [-0.39, 0.29) is 17.0 Å². The maximum absolute atomic E-state index is 12.3. The van der Waals surface area contributed by atoms with Gasteiger partial charge in [0.1, 0.15) is 15.6 Å². The number of rotatable bonds is 4. The fraction of sp³-hybridized carbons (Fsp3) is 0.643. The maximum Gasteiger partial charge on any atom is 0.201 e. The molecule has 2 atom stereocenters. The second kappa shape index (κ2) is 5.49. The number of Topliss-reactive ketones (excluding diaryl/α,β-unsaturated/α-hetero) is 1. The molecule has 0 amide bonds. The molecule has 0 radical (unpaired) electrons. The zero-order chi connectivity index (χ0) is 14.0. The van der Waals surface area contributed by atoms with Crippen LogP contribution in [0.15, 0.2) is 16.5 Å². The molecular weight excluding hydrogens is 264 g/mol. The van der Waals surface area contributed by atoms with E-state index in [0.717, 1.165) is 25.0 Å². The molecule has 1 aliphatic rings. The summed E-state index contributed by atoms with van der Waals surface area (Å²) < 4.78 is 28.7. The molecule has 0 saturated heterocycles. The first kappa shape index (κ1) is 14.3. The fourth-order valence-electron chi connectivity index (χ4n) is 2.67. The monoisotopic (exact) mass is 284 g/mol. The summed E-state index contributed by atoms with van der Waals surface area (Å²) >= 11 is 0. The number of furan rings is 1. The molecular formula is C14H20O4S. The van der Waals surface area contributed by atoms with Crippen LogP contribution in [-0.4, -0.2) is 25.7 Å². The summed E-state index contributed by atoms with van der Waals surface area (Å²) in [4.78, 5) is 12.3. The maximum atomic E-state index is 12.3. The van der Waals surface area contributed by atoms with Gasteiger partial charge < -0.3 is 4.42 Å². The molecule has 1 aromatic rings. The van der Waals surface area contributed by atoms with Gasteiger partial charge in [-0.2, -0.15) is 0 Å². The first-order chi connectivity index (χ1) is 8.91. The molecule has 5 heteroatoms. The third-order valence-corrected chi connectivity index (χ3v) is 5.49. The molecule has 0 aliphatic heterocycles. The van der Waals surface area contributed by atoms with Gasteiger partial charge in [-0.15, -0.1) is 0 Å². The topological polar surface area (TPSA) is 64.3 Å². The molecule has 1 aliphatic carbocycles. The largest absolute Gasteiger partial charge is 0.458 e. The summed E-state index contributed by atoms with van der Waals surface area (Å²) in [6.45, 7) is 1.97. The van der Waals surface area contributed by atoms with Crippen LogP contribution in [0.2, 0.25) is 0 Å². The standard InChI is InChI=1S/C14H20O4S/c1-3-11-7-8-13(18-11)14(15)10-5-4-6-12(9-10)19(2,16)17/h7-8,10,12H,3-6,9H2,1-2H3. The van der Waals surface area contributed by atoms with Crippen molar-refractivity contribution in [1.29, 1.82) is 0 Å². The lowest BCUT2D eigenvalue weighted by Gasteiger charge is -2.26. The van der Waals surface area contributed by atoms with Gasteiger partial charge in [0.15, 0.2) is 5.76 Å². The van der Waals surface area contributed by atoms with E-state index in [1.807, 2.05) is 13.0 Å². The molecule has 1 saturated carbocycles. The molecule has 1 fully saturated rings. The second-order valence-electron chi connectivity index (χ2n) is 5.30. The Labute approximate surface area is 114 Å². The summed E-state index contributed by atoms with van der Waals surface area (Å²) in [6.07, 6.45) is 4.65. The van der Waals surface area contributed by atoms with Gasteiger partial charge in [-0.05, 0) is 31.4 Å². The van der Waals surface area contributed by atoms with Crippen molar-refractivity contribution < 1.29 is 17.6 Å². The van der Waals surface area contributed by atoms with Crippen molar-refractivity contribution in [1.82, 2.24) is 0 Å². The highest BCUT2D eigenvalue weighted by Crippen LogP contribution is 2.31. The summed E-state index contributed by atoms with van der Waals surface area (Å²) in [5.74, 6) is 0.896. The van der Waals surface area contributed by atoms with Crippen molar-refractivity contribution in [2.75, 3.05) is 6.26 Å². The normalized spacial score (nSPS) is 24.3. The molecule has 4 nitrogen and oxygen atoms in total. The number of aryl methyl sites for hydroxylation is 1. The van der Waals surface area contributed by atoms with E-state index in [1.54, 1.807) is 6.07 Å². The van der Waals surface area contributed by atoms with Crippen molar-refractivity contribution in [2.24, 2.45) is 5.92 Å². The minimum Gasteiger partial charge on any atom is -0.458 e. The number of carbonyl (C=O) groups is 1. The Balaban J connectivity index is 2.11. The fourth-order valence-corrected chi connectivity index (χ4v) is 3.85. The second-order valence-corrected chi connectivity index (χ2v) is 7.62. The molecule has 0 N–H and O–H groups in total. The van der Waals surface area contributed by atoms with Gasteiger partial charge in [-0.3, -0.25) is 4.79 Å². The highest BCUT2D eigenvalue weighted by Gasteiger charge is 2.33. The van der Waals surface area contributed by atoms with Crippen LogP contribution in [0.3, 0.4) is 0 Å². The number of ketones is 1. The Hall–Kier alpha value is -1.10. The van der Waals surface area contributed by atoms with E-state index < -0.39 is 9.84 Å². The van der Waals surface area contributed by atoms with Gasteiger partial charge in [0.2, 0.25) is 5.78 Å². The Morgan fingerprint density at radius 2 is 2.11 bits per heavy atom. The highest BCUT2D eigenvalue weighted by atomic mass is 32.2. The van der Waals surface area contributed by atoms with Crippen LogP contribution in [0.5, 0.6) is 0 Å². The average Bonchev–Trinajstić information content (AvgIpc) is 2.86. The molecule has 0 spiro atoms. The van der Waals surface area contributed by atoms with E-state index in [9.17, 15) is 13.2 Å². The molecule has 106 valence electrons. The molecule has 1 heterocycles. The van der Waals surface area contributed by atoms with Crippen molar-refractivity contribution in [2.45, 2.75) is 44.3 Å². The zero-order valence-corrected chi connectivity index (χ0v) is 12.2. The first-order valence-electron chi connectivity index (χ1n) is 6.73.